The van der Waals surface area contributed by atoms with Crippen molar-refractivity contribution in [2.45, 2.75) is 0 Å². The van der Waals surface area contributed by atoms with Gasteiger partial charge in [-0.05, 0) is 0 Å². The van der Waals surface area contributed by atoms with E-state index in [1.807, 2.05) is 0 Å². The average molecular weight is 84.4 g/mol. The van der Waals surface area contributed by atoms with Crippen LogP contribution in [0, 0.1) is 0 Å². The molecule has 0 amide bonds. The first-order valence-corrected chi connectivity index (χ1v) is 1.32. The molecule has 0 bridgehead atoms. The van der Waals surface area contributed by atoms with Crippen LogP contribution in [0.5, 0.6) is 0 Å². The summed E-state index contributed by atoms with van der Waals surface area (Å²) in [5.74, 6) is 0. The number of hydrogen-bond donors (Lipinski definition) is 2. The lowest BCUT2D eigenvalue weighted by Crippen LogP contribution is -2.11. The molecule has 0 aromatic rings. The molecule has 2 radical (unpaired) electrons. The molecule has 0 spiro atoms. The van der Waals surface area contributed by atoms with Crippen molar-refractivity contribution in [1.82, 2.24) is 0 Å². The van der Waals surface area contributed by atoms with Gasteiger partial charge in [-0.15, -0.1) is 0 Å². The fraction of sp³-hybridized carbons (Fsp3) is 1.00. The summed E-state index contributed by atoms with van der Waals surface area (Å²) in [6, 6.07) is 0. The number of nitrogens with two attached hydrogens (primary N) is 2. The Labute approximate surface area is 48.1 Å². The third-order valence-electron chi connectivity index (χ3n) is 0.167. The minimum atomic E-state index is 0. The molecule has 0 saturated carbocycles. The van der Waals surface area contributed by atoms with Crippen molar-refractivity contribution in [3.63, 3.8) is 0 Å². The van der Waals surface area contributed by atoms with Crippen LogP contribution in [0.25, 0.3) is 0 Å². The van der Waals surface area contributed by atoms with Gasteiger partial charge in [-0.1, -0.05) is 0 Å². The van der Waals surface area contributed by atoms with Crippen molar-refractivity contribution >= 4 is 23.1 Å². The van der Waals surface area contributed by atoms with E-state index in [9.17, 15) is 0 Å². The Kier molecular flexibility index (Phi) is 16.2. The molecule has 0 aliphatic carbocycles. The van der Waals surface area contributed by atoms with Crippen LogP contribution in [-0.2, 0) is 0 Å². The van der Waals surface area contributed by atoms with Gasteiger partial charge in [0.05, 0.1) is 0 Å². The molecule has 0 aromatic heterocycles. The maximum absolute atomic E-state index is 4.90. The van der Waals surface area contributed by atoms with Gasteiger partial charge in [0.15, 0.2) is 0 Å². The zero-order valence-corrected chi connectivity index (χ0v) is 4.69. The van der Waals surface area contributed by atoms with Crippen LogP contribution in [-0.4, -0.2) is 36.1 Å². The molecule has 5 heavy (non-hydrogen) atoms. The number of hydrogen-bond acceptors (Lipinski definition) is 2. The first-order valence-electron chi connectivity index (χ1n) is 1.32. The van der Waals surface area contributed by atoms with Crippen LogP contribution in [0.3, 0.4) is 0 Å². The normalized spacial score (nSPS) is 6.00. The Balaban J connectivity index is 0. The van der Waals surface area contributed by atoms with Crippen molar-refractivity contribution in [3.05, 3.63) is 0 Å². The lowest BCUT2D eigenvalue weighted by atomic mass is 10.7. The van der Waals surface area contributed by atoms with Crippen molar-refractivity contribution in [3.8, 4) is 0 Å². The standard InChI is InChI=1S/C2H8N2.Mg/c3-1-2-4;/h1-4H2;. The molecule has 0 fully saturated rings. The summed E-state index contributed by atoms with van der Waals surface area (Å²) < 4.78 is 0. The highest BCUT2D eigenvalue weighted by molar-refractivity contribution is 5.75. The Morgan fingerprint density at radius 3 is 1.20 bits per heavy atom. The van der Waals surface area contributed by atoms with Crippen LogP contribution >= 0.6 is 0 Å². The quantitative estimate of drug-likeness (QED) is 0.381. The molecule has 0 aliphatic rings. The molecular formula is C2H8MgN2. The molecule has 0 heterocycles. The van der Waals surface area contributed by atoms with Gasteiger partial charge in [-0.25, -0.2) is 0 Å². The van der Waals surface area contributed by atoms with Crippen LogP contribution < -0.4 is 11.5 Å². The second kappa shape index (κ2) is 8.82. The summed E-state index contributed by atoms with van der Waals surface area (Å²) in [6.07, 6.45) is 0. The Bertz CT molecular complexity index is 9.61. The summed E-state index contributed by atoms with van der Waals surface area (Å²) in [7, 11) is 0. The molecule has 0 unspecified atom stereocenters. The highest BCUT2D eigenvalue weighted by atomic mass is 24.3. The first-order chi connectivity index (χ1) is 1.91. The van der Waals surface area contributed by atoms with E-state index in [0.29, 0.717) is 13.1 Å². The molecule has 2 nitrogen and oxygen atoms in total. The van der Waals surface area contributed by atoms with Gasteiger partial charge in [0.2, 0.25) is 0 Å². The van der Waals surface area contributed by atoms with Gasteiger partial charge in [-0.2, -0.15) is 0 Å². The lowest BCUT2D eigenvalue weighted by Gasteiger charge is -1.72. The highest BCUT2D eigenvalue weighted by Gasteiger charge is 1.54. The van der Waals surface area contributed by atoms with Gasteiger partial charge in [0, 0.05) is 36.1 Å². The predicted molar refractivity (Wildman–Crippen MR) is 23.9 cm³/mol. The van der Waals surface area contributed by atoms with E-state index in [1.54, 1.807) is 0 Å². The van der Waals surface area contributed by atoms with Gasteiger partial charge in [-0.3, -0.25) is 0 Å². The largest absolute Gasteiger partial charge is 0.329 e. The van der Waals surface area contributed by atoms with Crippen molar-refractivity contribution in [2.75, 3.05) is 13.1 Å². The van der Waals surface area contributed by atoms with Crippen molar-refractivity contribution in [2.24, 2.45) is 11.5 Å². The first kappa shape index (κ1) is 9.19. The molecule has 0 atom stereocenters. The molecule has 0 rings (SSSR count). The van der Waals surface area contributed by atoms with Crippen molar-refractivity contribution < 1.29 is 0 Å². The molecular weight excluding hydrogens is 76.3 g/mol. The minimum absolute atomic E-state index is 0. The predicted octanol–water partition coefficient (Wildman–Crippen LogP) is -1.48. The molecule has 28 valence electrons. The number of rotatable bonds is 1. The topological polar surface area (TPSA) is 52.0 Å². The van der Waals surface area contributed by atoms with Gasteiger partial charge in [0.1, 0.15) is 0 Å². The monoisotopic (exact) mass is 84.1 g/mol. The van der Waals surface area contributed by atoms with Crippen LogP contribution in [0.4, 0.5) is 0 Å². The summed E-state index contributed by atoms with van der Waals surface area (Å²) in [6.45, 7) is 1.19. The SMILES string of the molecule is NCCN.[Mg]. The molecule has 0 aromatic carbocycles. The second-order valence-electron chi connectivity index (χ2n) is 0.577. The van der Waals surface area contributed by atoms with Crippen LogP contribution in [0.15, 0.2) is 0 Å². The highest BCUT2D eigenvalue weighted by Crippen LogP contribution is 1.24. The Morgan fingerprint density at radius 2 is 1.20 bits per heavy atom. The van der Waals surface area contributed by atoms with Gasteiger partial charge < -0.3 is 11.5 Å². The fourth-order valence-corrected chi connectivity index (χ4v) is 0. The van der Waals surface area contributed by atoms with E-state index in [2.05, 4.69) is 0 Å². The Morgan fingerprint density at radius 1 is 1.00 bits per heavy atom. The zero-order valence-electron chi connectivity index (χ0n) is 3.28. The van der Waals surface area contributed by atoms with E-state index in [0.717, 1.165) is 0 Å². The summed E-state index contributed by atoms with van der Waals surface area (Å²) in [5, 5.41) is 0. The van der Waals surface area contributed by atoms with Crippen LogP contribution in [0.2, 0.25) is 0 Å². The smallest absolute Gasteiger partial charge is 0.00461 e. The molecule has 3 heteroatoms. The summed E-state index contributed by atoms with van der Waals surface area (Å²) in [5.41, 5.74) is 9.81. The van der Waals surface area contributed by atoms with Crippen LogP contribution in [0.1, 0.15) is 0 Å². The Hall–Kier alpha value is 0.686. The van der Waals surface area contributed by atoms with Crippen molar-refractivity contribution in [1.29, 1.82) is 0 Å². The van der Waals surface area contributed by atoms with E-state index in [4.69, 9.17) is 11.5 Å². The maximum atomic E-state index is 4.90. The fourth-order valence-electron chi connectivity index (χ4n) is 0. The molecule has 4 N–H and O–H groups in total. The molecule has 0 saturated heterocycles. The summed E-state index contributed by atoms with van der Waals surface area (Å²) in [4.78, 5) is 0. The maximum Gasteiger partial charge on any atom is 0.00461 e. The third kappa shape index (κ3) is 11.9. The summed E-state index contributed by atoms with van der Waals surface area (Å²) >= 11 is 0. The van der Waals surface area contributed by atoms with E-state index >= 15 is 0 Å². The lowest BCUT2D eigenvalue weighted by molar-refractivity contribution is 0.976. The van der Waals surface area contributed by atoms with E-state index in [-0.39, 0.29) is 23.1 Å². The third-order valence-corrected chi connectivity index (χ3v) is 0.167. The van der Waals surface area contributed by atoms with Gasteiger partial charge in [0.25, 0.3) is 0 Å². The van der Waals surface area contributed by atoms with Gasteiger partial charge >= 0.3 is 0 Å². The van der Waals surface area contributed by atoms with E-state index < -0.39 is 0 Å². The van der Waals surface area contributed by atoms with E-state index in [1.165, 1.54) is 0 Å². The minimum Gasteiger partial charge on any atom is -0.329 e. The zero-order chi connectivity index (χ0) is 3.41. The second-order valence-corrected chi connectivity index (χ2v) is 0.577. The molecule has 0 aliphatic heterocycles. The average Bonchev–Trinajstić information content (AvgIpc) is 1.37.